The highest BCUT2D eigenvalue weighted by atomic mass is 79.9. The highest BCUT2D eigenvalue weighted by molar-refractivity contribution is 9.10. The van der Waals surface area contributed by atoms with Crippen LogP contribution >= 0.6 is 15.9 Å². The van der Waals surface area contributed by atoms with Crippen molar-refractivity contribution in [2.24, 2.45) is 0 Å². The van der Waals surface area contributed by atoms with Gasteiger partial charge in [-0.2, -0.15) is 0 Å². The highest BCUT2D eigenvalue weighted by Gasteiger charge is 2.35. The monoisotopic (exact) mass is 480 g/mol. The van der Waals surface area contributed by atoms with Crippen molar-refractivity contribution in [2.75, 3.05) is 19.8 Å². The Bertz CT molecular complexity index is 1020. The maximum absolute atomic E-state index is 12.9. The number of hydrogen-bond acceptors (Lipinski definition) is 4. The van der Waals surface area contributed by atoms with Crippen LogP contribution in [0.2, 0.25) is 0 Å². The number of ether oxygens (including phenoxy) is 2. The van der Waals surface area contributed by atoms with Crippen LogP contribution in [0.4, 0.5) is 0 Å². The third-order valence-electron chi connectivity index (χ3n) is 5.70. The van der Waals surface area contributed by atoms with Gasteiger partial charge < -0.3 is 14.8 Å². The Balaban J connectivity index is 1.43. The summed E-state index contributed by atoms with van der Waals surface area (Å²) in [6.07, 6.45) is 5.25. The number of halogens is 1. The zero-order valence-corrected chi connectivity index (χ0v) is 18.8. The molecule has 1 saturated heterocycles. The first-order valence-corrected chi connectivity index (χ1v) is 11.2. The van der Waals surface area contributed by atoms with Crippen LogP contribution in [-0.4, -0.2) is 30.6 Å². The van der Waals surface area contributed by atoms with E-state index in [1.54, 1.807) is 18.5 Å². The quantitative estimate of drug-likeness (QED) is 0.522. The molecule has 5 nitrogen and oxygen atoms in total. The van der Waals surface area contributed by atoms with Gasteiger partial charge in [-0.05, 0) is 54.8 Å². The molecule has 0 saturated carbocycles. The zero-order valence-electron chi connectivity index (χ0n) is 17.2. The molecule has 1 amide bonds. The summed E-state index contributed by atoms with van der Waals surface area (Å²) < 4.78 is 12.5. The lowest BCUT2D eigenvalue weighted by molar-refractivity contribution is 0.0487. The molecule has 1 N–H and O–H groups in total. The summed E-state index contributed by atoms with van der Waals surface area (Å²) in [5.41, 5.74) is 2.65. The molecule has 6 heteroatoms. The average molecular weight is 481 g/mol. The molecule has 1 fully saturated rings. The number of benzene rings is 2. The molecular weight excluding hydrogens is 456 g/mol. The second-order valence-corrected chi connectivity index (χ2v) is 8.68. The van der Waals surface area contributed by atoms with E-state index in [1.807, 2.05) is 42.5 Å². The van der Waals surface area contributed by atoms with Crippen LogP contribution in [0.15, 0.2) is 77.5 Å². The minimum absolute atomic E-state index is 0.104. The van der Waals surface area contributed by atoms with Crippen LogP contribution in [0.25, 0.3) is 0 Å². The van der Waals surface area contributed by atoms with Gasteiger partial charge in [0.15, 0.2) is 0 Å². The molecule has 160 valence electrons. The number of hydrogen-bond donors (Lipinski definition) is 1. The van der Waals surface area contributed by atoms with E-state index in [2.05, 4.69) is 38.4 Å². The molecule has 2 aromatic carbocycles. The van der Waals surface area contributed by atoms with Crippen molar-refractivity contribution < 1.29 is 14.3 Å². The molecular formula is C25H25BrN2O3. The fourth-order valence-electron chi connectivity index (χ4n) is 3.88. The number of nitrogens with one attached hydrogen (secondary N) is 1. The molecule has 0 unspecified atom stereocenters. The molecule has 3 aromatic rings. The Labute approximate surface area is 190 Å². The predicted molar refractivity (Wildman–Crippen MR) is 123 cm³/mol. The van der Waals surface area contributed by atoms with Gasteiger partial charge in [0.1, 0.15) is 12.4 Å². The van der Waals surface area contributed by atoms with E-state index in [0.717, 1.165) is 22.9 Å². The van der Waals surface area contributed by atoms with E-state index < -0.39 is 0 Å². The summed E-state index contributed by atoms with van der Waals surface area (Å²) >= 11 is 3.57. The van der Waals surface area contributed by atoms with Crippen LogP contribution < -0.4 is 10.1 Å². The predicted octanol–water partition coefficient (Wildman–Crippen LogP) is 4.90. The van der Waals surface area contributed by atoms with Crippen molar-refractivity contribution in [3.63, 3.8) is 0 Å². The van der Waals surface area contributed by atoms with Crippen LogP contribution in [0.5, 0.6) is 5.75 Å². The van der Waals surface area contributed by atoms with E-state index in [9.17, 15) is 4.79 Å². The van der Waals surface area contributed by atoms with Gasteiger partial charge in [0, 0.05) is 53.2 Å². The molecule has 1 aliphatic heterocycles. The van der Waals surface area contributed by atoms with E-state index in [1.165, 1.54) is 5.56 Å². The second kappa shape index (κ2) is 10.1. The Morgan fingerprint density at radius 1 is 1.10 bits per heavy atom. The normalized spacial score (nSPS) is 15.3. The minimum atomic E-state index is -0.133. The SMILES string of the molecule is O=C(NCC1(c2cccc(Br)c2)CCOCC1)c1cccc(OCc2cccnc2)c1. The van der Waals surface area contributed by atoms with Crippen molar-refractivity contribution in [1.29, 1.82) is 0 Å². The third-order valence-corrected chi connectivity index (χ3v) is 6.19. The van der Waals surface area contributed by atoms with Crippen molar-refractivity contribution in [3.05, 3.63) is 94.2 Å². The first kappa shape index (κ1) is 21.5. The summed E-state index contributed by atoms with van der Waals surface area (Å²) in [6, 6.07) is 19.5. The van der Waals surface area contributed by atoms with Gasteiger partial charge in [-0.1, -0.05) is 40.2 Å². The number of carbonyl (C=O) groups is 1. The standard InChI is InChI=1S/C25H25BrN2O3/c26-22-7-2-6-21(15-22)25(9-12-30-13-10-25)18-28-24(29)20-5-1-8-23(14-20)31-17-19-4-3-11-27-16-19/h1-8,11,14-16H,9-10,12-13,17-18H2,(H,28,29). The molecule has 1 aliphatic rings. The fourth-order valence-corrected chi connectivity index (χ4v) is 4.28. The lowest BCUT2D eigenvalue weighted by atomic mass is 9.74. The van der Waals surface area contributed by atoms with Gasteiger partial charge in [-0.15, -0.1) is 0 Å². The molecule has 0 spiro atoms. The lowest BCUT2D eigenvalue weighted by Gasteiger charge is -2.38. The smallest absolute Gasteiger partial charge is 0.251 e. The number of pyridine rings is 1. The van der Waals surface area contributed by atoms with E-state index in [4.69, 9.17) is 9.47 Å². The summed E-state index contributed by atoms with van der Waals surface area (Å²) in [5.74, 6) is 0.553. The molecule has 0 aliphatic carbocycles. The molecule has 1 aromatic heterocycles. The van der Waals surface area contributed by atoms with Gasteiger partial charge >= 0.3 is 0 Å². The van der Waals surface area contributed by atoms with Crippen molar-refractivity contribution in [2.45, 2.75) is 24.9 Å². The molecule has 0 radical (unpaired) electrons. The largest absolute Gasteiger partial charge is 0.489 e. The average Bonchev–Trinajstić information content (AvgIpc) is 2.83. The molecule has 4 rings (SSSR count). The number of aromatic nitrogens is 1. The zero-order chi connectivity index (χ0) is 21.5. The maximum Gasteiger partial charge on any atom is 0.251 e. The summed E-state index contributed by atoms with van der Waals surface area (Å²) in [4.78, 5) is 17.0. The van der Waals surface area contributed by atoms with E-state index in [-0.39, 0.29) is 11.3 Å². The van der Waals surface area contributed by atoms with Gasteiger partial charge in [-0.25, -0.2) is 0 Å². The summed E-state index contributed by atoms with van der Waals surface area (Å²) in [6.45, 7) is 2.36. The van der Waals surface area contributed by atoms with Gasteiger partial charge in [-0.3, -0.25) is 9.78 Å². The number of rotatable bonds is 7. The maximum atomic E-state index is 12.9. The van der Waals surface area contributed by atoms with Gasteiger partial charge in [0.2, 0.25) is 0 Å². The number of nitrogens with zero attached hydrogens (tertiary/aromatic N) is 1. The molecule has 2 heterocycles. The topological polar surface area (TPSA) is 60.5 Å². The number of amides is 1. The Hall–Kier alpha value is -2.70. The van der Waals surface area contributed by atoms with E-state index in [0.29, 0.717) is 37.7 Å². The van der Waals surface area contributed by atoms with Crippen molar-refractivity contribution in [1.82, 2.24) is 10.3 Å². The first-order chi connectivity index (χ1) is 15.1. The fraction of sp³-hybridized carbons (Fsp3) is 0.280. The van der Waals surface area contributed by atoms with Gasteiger partial charge in [0.25, 0.3) is 5.91 Å². The Kier molecular flexibility index (Phi) is 6.99. The molecule has 0 atom stereocenters. The van der Waals surface area contributed by atoms with Crippen molar-refractivity contribution >= 4 is 21.8 Å². The van der Waals surface area contributed by atoms with Gasteiger partial charge in [0.05, 0.1) is 0 Å². The van der Waals surface area contributed by atoms with E-state index >= 15 is 0 Å². The first-order valence-electron chi connectivity index (χ1n) is 10.4. The van der Waals surface area contributed by atoms with Crippen LogP contribution in [0.1, 0.15) is 34.3 Å². The minimum Gasteiger partial charge on any atom is -0.489 e. The van der Waals surface area contributed by atoms with Crippen molar-refractivity contribution in [3.8, 4) is 5.75 Å². The number of carbonyl (C=O) groups excluding carboxylic acids is 1. The Morgan fingerprint density at radius 2 is 1.94 bits per heavy atom. The summed E-state index contributed by atoms with van der Waals surface area (Å²) in [7, 11) is 0. The summed E-state index contributed by atoms with van der Waals surface area (Å²) in [5, 5.41) is 3.15. The molecule has 0 bridgehead atoms. The van der Waals surface area contributed by atoms with Crippen LogP contribution in [0, 0.1) is 0 Å². The third kappa shape index (κ3) is 5.51. The van der Waals surface area contributed by atoms with Crippen LogP contribution in [0.3, 0.4) is 0 Å². The highest BCUT2D eigenvalue weighted by Crippen LogP contribution is 2.35. The Morgan fingerprint density at radius 3 is 2.71 bits per heavy atom. The second-order valence-electron chi connectivity index (χ2n) is 7.76. The van der Waals surface area contributed by atoms with Crippen LogP contribution in [-0.2, 0) is 16.8 Å². The lowest BCUT2D eigenvalue weighted by Crippen LogP contribution is -2.44. The molecule has 31 heavy (non-hydrogen) atoms.